The molecule has 0 bridgehead atoms. The Hall–Kier alpha value is -3.46. The minimum atomic E-state index is -1.69. The van der Waals surface area contributed by atoms with Crippen molar-refractivity contribution in [3.8, 4) is 0 Å². The molecule has 15 heteroatoms. The number of amides is 3. The van der Waals surface area contributed by atoms with Gasteiger partial charge >= 0.3 is 11.9 Å². The van der Waals surface area contributed by atoms with Gasteiger partial charge in [-0.05, 0) is 26.7 Å². The number of nitrogens with two attached hydrogens (primary N) is 3. The van der Waals surface area contributed by atoms with Gasteiger partial charge in [-0.3, -0.25) is 24.2 Å². The molecule has 5 atom stereocenters. The van der Waals surface area contributed by atoms with Gasteiger partial charge in [0.05, 0.1) is 18.6 Å². The lowest BCUT2D eigenvalue weighted by molar-refractivity contribution is -0.144. The van der Waals surface area contributed by atoms with Crippen molar-refractivity contribution in [3.63, 3.8) is 0 Å². The van der Waals surface area contributed by atoms with E-state index in [-0.39, 0.29) is 25.3 Å². The van der Waals surface area contributed by atoms with Gasteiger partial charge in [0.2, 0.25) is 17.7 Å². The molecule has 3 amide bonds. The van der Waals surface area contributed by atoms with Crippen molar-refractivity contribution in [2.75, 3.05) is 6.54 Å². The summed E-state index contributed by atoms with van der Waals surface area (Å²) in [6.45, 7) is 2.63. The Morgan fingerprint density at radius 1 is 0.906 bits per heavy atom. The molecule has 0 saturated heterocycles. The first-order valence-corrected chi connectivity index (χ1v) is 9.61. The van der Waals surface area contributed by atoms with Crippen molar-refractivity contribution in [1.82, 2.24) is 16.0 Å². The van der Waals surface area contributed by atoms with Crippen LogP contribution in [0.5, 0.6) is 0 Å². The normalized spacial score (nSPS) is 15.2. The Bertz CT molecular complexity index is 722. The molecule has 0 radical (unpaired) electrons. The minimum Gasteiger partial charge on any atom is -0.481 e. The first-order valence-electron chi connectivity index (χ1n) is 9.61. The lowest BCUT2D eigenvalue weighted by Gasteiger charge is -2.25. The fourth-order valence-corrected chi connectivity index (χ4v) is 2.37. The van der Waals surface area contributed by atoms with Crippen LogP contribution < -0.4 is 33.2 Å². The van der Waals surface area contributed by atoms with Crippen LogP contribution in [0, 0.1) is 0 Å². The van der Waals surface area contributed by atoms with E-state index in [2.05, 4.69) is 20.9 Å². The van der Waals surface area contributed by atoms with E-state index in [1.165, 1.54) is 13.8 Å². The molecular weight excluding hydrogens is 430 g/mol. The van der Waals surface area contributed by atoms with Crippen LogP contribution in [0.2, 0.25) is 0 Å². The van der Waals surface area contributed by atoms with Gasteiger partial charge in [-0.25, -0.2) is 4.79 Å². The molecule has 0 aromatic rings. The van der Waals surface area contributed by atoms with E-state index >= 15 is 0 Å². The second-order valence-electron chi connectivity index (χ2n) is 7.02. The van der Waals surface area contributed by atoms with Gasteiger partial charge in [0, 0.05) is 6.54 Å². The second-order valence-corrected chi connectivity index (χ2v) is 7.02. The quantitative estimate of drug-likeness (QED) is 0.0679. The fraction of sp³-hybridized carbons (Fsp3) is 0.647. The highest BCUT2D eigenvalue weighted by Gasteiger charge is 2.32. The van der Waals surface area contributed by atoms with Gasteiger partial charge in [-0.15, -0.1) is 0 Å². The molecule has 12 N–H and O–H groups in total. The van der Waals surface area contributed by atoms with Crippen LogP contribution in [0.25, 0.3) is 0 Å². The van der Waals surface area contributed by atoms with E-state index in [0.29, 0.717) is 0 Å². The number of hydrogen-bond donors (Lipinski definition) is 9. The Labute approximate surface area is 183 Å². The first-order chi connectivity index (χ1) is 14.8. The Morgan fingerprint density at radius 3 is 1.91 bits per heavy atom. The summed E-state index contributed by atoms with van der Waals surface area (Å²) in [4.78, 5) is 63.0. The number of rotatable bonds is 14. The second kappa shape index (κ2) is 13.8. The van der Waals surface area contributed by atoms with Crippen molar-refractivity contribution < 1.29 is 39.3 Å². The lowest BCUT2D eigenvalue weighted by atomic mass is 10.1. The average Bonchev–Trinajstić information content (AvgIpc) is 2.66. The number of carbonyl (C=O) groups excluding carboxylic acids is 3. The van der Waals surface area contributed by atoms with Gasteiger partial charge in [0.15, 0.2) is 5.96 Å². The van der Waals surface area contributed by atoms with E-state index in [1.54, 1.807) is 0 Å². The van der Waals surface area contributed by atoms with Gasteiger partial charge in [0.25, 0.3) is 0 Å². The largest absolute Gasteiger partial charge is 0.481 e. The topological polar surface area (TPSA) is 273 Å². The summed E-state index contributed by atoms with van der Waals surface area (Å²) in [5, 5.41) is 34.6. The number of aliphatic hydroxyl groups is 1. The SMILES string of the molecule is CC(N)C(=O)NC(C(=O)NC(CC(=O)O)C(=O)NC(CCCN=C(N)N)C(=O)O)C(C)O. The highest BCUT2D eigenvalue weighted by Crippen LogP contribution is 2.03. The Morgan fingerprint density at radius 2 is 1.47 bits per heavy atom. The maximum Gasteiger partial charge on any atom is 0.326 e. The molecule has 0 aliphatic heterocycles. The van der Waals surface area contributed by atoms with E-state index in [0.717, 1.165) is 0 Å². The molecule has 0 aromatic heterocycles. The van der Waals surface area contributed by atoms with E-state index in [1.807, 2.05) is 0 Å². The number of aliphatic carboxylic acids is 2. The van der Waals surface area contributed by atoms with Crippen molar-refractivity contribution in [1.29, 1.82) is 0 Å². The molecule has 5 unspecified atom stereocenters. The lowest BCUT2D eigenvalue weighted by Crippen LogP contribution is -2.59. The Kier molecular flexibility index (Phi) is 12.3. The summed E-state index contributed by atoms with van der Waals surface area (Å²) < 4.78 is 0. The predicted molar refractivity (Wildman–Crippen MR) is 111 cm³/mol. The summed E-state index contributed by atoms with van der Waals surface area (Å²) in [6, 6.07) is -5.63. The monoisotopic (exact) mass is 461 g/mol. The van der Waals surface area contributed by atoms with Gasteiger partial charge in [0.1, 0.15) is 18.1 Å². The third kappa shape index (κ3) is 11.1. The number of carboxylic acid groups (broad SMARTS) is 2. The van der Waals surface area contributed by atoms with Crippen molar-refractivity contribution in [2.45, 2.75) is 63.4 Å². The van der Waals surface area contributed by atoms with Crippen molar-refractivity contribution >= 4 is 35.6 Å². The third-order valence-corrected chi connectivity index (χ3v) is 4.05. The van der Waals surface area contributed by atoms with Crippen LogP contribution in [0.4, 0.5) is 0 Å². The highest BCUT2D eigenvalue weighted by atomic mass is 16.4. The minimum absolute atomic E-state index is 0.0770. The molecule has 0 heterocycles. The molecule has 0 aliphatic carbocycles. The van der Waals surface area contributed by atoms with Crippen molar-refractivity contribution in [2.24, 2.45) is 22.2 Å². The van der Waals surface area contributed by atoms with Gasteiger partial charge in [-0.2, -0.15) is 0 Å². The van der Waals surface area contributed by atoms with Gasteiger partial charge < -0.3 is 48.5 Å². The number of aliphatic hydroxyl groups excluding tert-OH is 1. The van der Waals surface area contributed by atoms with E-state index in [4.69, 9.17) is 22.3 Å². The molecule has 0 spiro atoms. The summed E-state index contributed by atoms with van der Waals surface area (Å²) in [6.07, 6.45) is -2.18. The summed E-state index contributed by atoms with van der Waals surface area (Å²) in [5.41, 5.74) is 15.7. The summed E-state index contributed by atoms with van der Waals surface area (Å²) in [7, 11) is 0. The average molecular weight is 461 g/mol. The van der Waals surface area contributed by atoms with E-state index < -0.39 is 66.4 Å². The number of carbonyl (C=O) groups is 5. The van der Waals surface area contributed by atoms with Crippen molar-refractivity contribution in [3.05, 3.63) is 0 Å². The number of nitrogens with zero attached hydrogens (tertiary/aromatic N) is 1. The molecule has 0 aliphatic rings. The number of aliphatic imine (C=N–C) groups is 1. The zero-order valence-corrected chi connectivity index (χ0v) is 17.8. The molecular formula is C17H31N7O8. The maximum atomic E-state index is 12.5. The molecule has 182 valence electrons. The van der Waals surface area contributed by atoms with Crippen LogP contribution >= 0.6 is 0 Å². The molecule has 15 nitrogen and oxygen atoms in total. The Balaban J connectivity index is 5.34. The maximum absolute atomic E-state index is 12.5. The van der Waals surface area contributed by atoms with Gasteiger partial charge in [-0.1, -0.05) is 0 Å². The highest BCUT2D eigenvalue weighted by molar-refractivity contribution is 5.95. The van der Waals surface area contributed by atoms with E-state index in [9.17, 15) is 34.2 Å². The zero-order valence-electron chi connectivity index (χ0n) is 17.8. The number of carboxylic acids is 2. The fourth-order valence-electron chi connectivity index (χ4n) is 2.37. The smallest absolute Gasteiger partial charge is 0.326 e. The summed E-state index contributed by atoms with van der Waals surface area (Å²) >= 11 is 0. The number of nitrogens with one attached hydrogen (secondary N) is 3. The molecule has 0 fully saturated rings. The molecule has 0 aromatic carbocycles. The molecule has 0 rings (SSSR count). The third-order valence-electron chi connectivity index (χ3n) is 4.05. The van der Waals surface area contributed by atoms with Crippen LogP contribution in [0.15, 0.2) is 4.99 Å². The molecule has 0 saturated carbocycles. The standard InChI is InChI=1S/C17H31N7O8/c1-7(18)13(28)24-12(8(2)25)15(30)23-10(6-11(26)27)14(29)22-9(16(31)32)4-3-5-21-17(19)20/h7-10,12,25H,3-6,18H2,1-2H3,(H,22,29)(H,23,30)(H,24,28)(H,26,27)(H,31,32)(H4,19,20,21). The van der Waals surface area contributed by atoms with Crippen LogP contribution in [-0.2, 0) is 24.0 Å². The van der Waals surface area contributed by atoms with Crippen LogP contribution in [0.3, 0.4) is 0 Å². The zero-order chi connectivity index (χ0) is 25.0. The number of guanidine groups is 1. The van der Waals surface area contributed by atoms with Crippen LogP contribution in [0.1, 0.15) is 33.1 Å². The first kappa shape index (κ1) is 28.5. The van der Waals surface area contributed by atoms with Crippen LogP contribution in [-0.4, -0.2) is 87.8 Å². The number of hydrogen-bond acceptors (Lipinski definition) is 8. The molecule has 32 heavy (non-hydrogen) atoms. The predicted octanol–water partition coefficient (Wildman–Crippen LogP) is -4.22. The summed E-state index contributed by atoms with van der Waals surface area (Å²) in [5.74, 6) is -5.95.